The lowest BCUT2D eigenvalue weighted by Crippen LogP contribution is -2.35. The van der Waals surface area contributed by atoms with Crippen LogP contribution in [0, 0.1) is 0 Å². The molecule has 0 radical (unpaired) electrons. The van der Waals surface area contributed by atoms with E-state index in [1.807, 2.05) is 31.3 Å². The molecule has 1 atom stereocenters. The molecule has 0 aromatic heterocycles. The predicted octanol–water partition coefficient (Wildman–Crippen LogP) is 2.18. The van der Waals surface area contributed by atoms with Crippen molar-refractivity contribution in [3.63, 3.8) is 0 Å². The lowest BCUT2D eigenvalue weighted by atomic mass is 10.1. The summed E-state index contributed by atoms with van der Waals surface area (Å²) < 4.78 is 5.75. The Bertz CT molecular complexity index is 462. The maximum atomic E-state index is 11.8. The number of carbonyl (C=O) groups is 1. The Balaban J connectivity index is 1.90. The zero-order valence-corrected chi connectivity index (χ0v) is 12.8. The number of rotatable bonds is 4. The van der Waals surface area contributed by atoms with E-state index in [1.54, 1.807) is 4.90 Å². The molecule has 1 aromatic rings. The van der Waals surface area contributed by atoms with E-state index in [9.17, 15) is 4.79 Å². The first-order valence-corrected chi connectivity index (χ1v) is 7.11. The van der Waals surface area contributed by atoms with Gasteiger partial charge < -0.3 is 15.0 Å². The fourth-order valence-corrected chi connectivity index (χ4v) is 2.12. The first-order chi connectivity index (χ1) is 9.35. The molecule has 1 aliphatic heterocycles. The summed E-state index contributed by atoms with van der Waals surface area (Å²) in [4.78, 5) is 13.5. The Morgan fingerprint density at radius 3 is 2.45 bits per heavy atom. The summed E-state index contributed by atoms with van der Waals surface area (Å²) in [5, 5.41) is 3.44. The molecule has 1 heterocycles. The van der Waals surface area contributed by atoms with Gasteiger partial charge in [-0.1, -0.05) is 12.1 Å². The zero-order valence-electron chi connectivity index (χ0n) is 12.8. The maximum absolute atomic E-state index is 11.8. The van der Waals surface area contributed by atoms with Crippen LogP contribution in [0.1, 0.15) is 32.8 Å². The second kappa shape index (κ2) is 5.83. The number of ether oxygens (including phenoxy) is 1. The first kappa shape index (κ1) is 14.9. The van der Waals surface area contributed by atoms with E-state index in [-0.39, 0.29) is 17.6 Å². The van der Waals surface area contributed by atoms with Crippen molar-refractivity contribution in [1.82, 2.24) is 10.2 Å². The number of benzene rings is 1. The fraction of sp³-hybridized carbons (Fsp3) is 0.562. The molecule has 1 amide bonds. The van der Waals surface area contributed by atoms with Crippen molar-refractivity contribution >= 4 is 5.91 Å². The molecule has 4 nitrogen and oxygen atoms in total. The largest absolute Gasteiger partial charge is 0.481 e. The molecule has 4 heteroatoms. The molecule has 1 N–H and O–H groups in total. The van der Waals surface area contributed by atoms with E-state index < -0.39 is 0 Å². The molecular weight excluding hydrogens is 252 g/mol. The van der Waals surface area contributed by atoms with Gasteiger partial charge >= 0.3 is 0 Å². The van der Waals surface area contributed by atoms with Crippen molar-refractivity contribution in [3.8, 4) is 5.75 Å². The van der Waals surface area contributed by atoms with Gasteiger partial charge in [0, 0.05) is 32.1 Å². The molecule has 1 unspecified atom stereocenters. The second-order valence-electron chi connectivity index (χ2n) is 6.40. The van der Waals surface area contributed by atoms with Crippen LogP contribution in [0.2, 0.25) is 0 Å². The van der Waals surface area contributed by atoms with Crippen molar-refractivity contribution in [2.24, 2.45) is 0 Å². The maximum Gasteiger partial charge on any atom is 0.263 e. The van der Waals surface area contributed by atoms with E-state index in [0.717, 1.165) is 25.3 Å². The first-order valence-electron chi connectivity index (χ1n) is 7.11. The molecule has 1 aliphatic rings. The second-order valence-corrected chi connectivity index (χ2v) is 6.40. The van der Waals surface area contributed by atoms with E-state index in [1.165, 1.54) is 5.56 Å². The van der Waals surface area contributed by atoms with Gasteiger partial charge in [-0.05, 0) is 38.5 Å². The SMILES string of the molecule is CN1CCC(Oc2ccc(CNC(C)(C)C)cc2)C1=O. The number of hydrogen-bond donors (Lipinski definition) is 1. The van der Waals surface area contributed by atoms with Crippen LogP contribution in [0.4, 0.5) is 0 Å². The van der Waals surface area contributed by atoms with Crippen molar-refractivity contribution in [2.75, 3.05) is 13.6 Å². The molecule has 0 bridgehead atoms. The van der Waals surface area contributed by atoms with E-state index >= 15 is 0 Å². The monoisotopic (exact) mass is 276 g/mol. The van der Waals surface area contributed by atoms with Gasteiger partial charge in [0.05, 0.1) is 0 Å². The van der Waals surface area contributed by atoms with Crippen molar-refractivity contribution < 1.29 is 9.53 Å². The smallest absolute Gasteiger partial charge is 0.263 e. The van der Waals surface area contributed by atoms with Crippen LogP contribution in [0.5, 0.6) is 5.75 Å². The zero-order chi connectivity index (χ0) is 14.8. The molecule has 1 saturated heterocycles. The van der Waals surface area contributed by atoms with E-state index in [0.29, 0.717) is 0 Å². The summed E-state index contributed by atoms with van der Waals surface area (Å²) in [6.45, 7) is 8.04. The highest BCUT2D eigenvalue weighted by Crippen LogP contribution is 2.19. The highest BCUT2D eigenvalue weighted by atomic mass is 16.5. The molecule has 0 spiro atoms. The number of nitrogens with one attached hydrogen (secondary N) is 1. The van der Waals surface area contributed by atoms with Gasteiger partial charge in [-0.2, -0.15) is 0 Å². The van der Waals surface area contributed by atoms with Gasteiger partial charge in [0.15, 0.2) is 6.10 Å². The van der Waals surface area contributed by atoms with E-state index in [4.69, 9.17) is 4.74 Å². The molecule has 1 aromatic carbocycles. The molecule has 20 heavy (non-hydrogen) atoms. The van der Waals surface area contributed by atoms with Gasteiger partial charge in [-0.3, -0.25) is 4.79 Å². The van der Waals surface area contributed by atoms with Gasteiger partial charge in [0.2, 0.25) is 0 Å². The summed E-state index contributed by atoms with van der Waals surface area (Å²) in [7, 11) is 1.81. The van der Waals surface area contributed by atoms with Gasteiger partial charge in [0.1, 0.15) is 5.75 Å². The standard InChI is InChI=1S/C16H24N2O2/c1-16(2,3)17-11-12-5-7-13(8-6-12)20-14-9-10-18(4)15(14)19/h5-8,14,17H,9-11H2,1-4H3. The highest BCUT2D eigenvalue weighted by molar-refractivity contribution is 5.83. The Hall–Kier alpha value is -1.55. The van der Waals surface area contributed by atoms with Crippen molar-refractivity contribution in [3.05, 3.63) is 29.8 Å². The third-order valence-electron chi connectivity index (χ3n) is 3.40. The molecule has 1 fully saturated rings. The minimum absolute atomic E-state index is 0.0727. The Morgan fingerprint density at radius 1 is 1.30 bits per heavy atom. The lowest BCUT2D eigenvalue weighted by Gasteiger charge is -2.20. The quantitative estimate of drug-likeness (QED) is 0.916. The minimum Gasteiger partial charge on any atom is -0.481 e. The Kier molecular flexibility index (Phi) is 4.33. The summed E-state index contributed by atoms with van der Waals surface area (Å²) in [6, 6.07) is 7.95. The topological polar surface area (TPSA) is 41.6 Å². The van der Waals surface area contributed by atoms with Crippen LogP contribution in [-0.2, 0) is 11.3 Å². The molecule has 2 rings (SSSR count). The van der Waals surface area contributed by atoms with E-state index in [2.05, 4.69) is 26.1 Å². The van der Waals surface area contributed by atoms with Crippen LogP contribution in [0.15, 0.2) is 24.3 Å². The van der Waals surface area contributed by atoms with Crippen LogP contribution in [-0.4, -0.2) is 36.0 Å². The number of carbonyl (C=O) groups excluding carboxylic acids is 1. The third kappa shape index (κ3) is 3.97. The normalized spacial score (nSPS) is 19.5. The van der Waals surface area contributed by atoms with Crippen LogP contribution in [0.25, 0.3) is 0 Å². The van der Waals surface area contributed by atoms with Crippen LogP contribution < -0.4 is 10.1 Å². The van der Waals surface area contributed by atoms with Gasteiger partial charge in [0.25, 0.3) is 5.91 Å². The Morgan fingerprint density at radius 2 is 1.95 bits per heavy atom. The predicted molar refractivity (Wildman–Crippen MR) is 79.7 cm³/mol. The van der Waals surface area contributed by atoms with Gasteiger partial charge in [-0.25, -0.2) is 0 Å². The lowest BCUT2D eigenvalue weighted by molar-refractivity contribution is -0.132. The number of hydrogen-bond acceptors (Lipinski definition) is 3. The van der Waals surface area contributed by atoms with Gasteiger partial charge in [-0.15, -0.1) is 0 Å². The number of nitrogens with zero attached hydrogens (tertiary/aromatic N) is 1. The molecule has 110 valence electrons. The van der Waals surface area contributed by atoms with Crippen LogP contribution >= 0.6 is 0 Å². The average molecular weight is 276 g/mol. The summed E-state index contributed by atoms with van der Waals surface area (Å²) in [6.07, 6.45) is 0.446. The highest BCUT2D eigenvalue weighted by Gasteiger charge is 2.30. The Labute approximate surface area is 121 Å². The summed E-state index contributed by atoms with van der Waals surface area (Å²) in [5.74, 6) is 0.835. The third-order valence-corrected chi connectivity index (χ3v) is 3.40. The van der Waals surface area contributed by atoms with Crippen molar-refractivity contribution in [2.45, 2.75) is 45.4 Å². The summed E-state index contributed by atoms with van der Waals surface area (Å²) in [5.41, 5.74) is 1.32. The fourth-order valence-electron chi connectivity index (χ4n) is 2.12. The number of amides is 1. The molecular formula is C16H24N2O2. The number of likely N-dealkylation sites (N-methyl/N-ethyl adjacent to an activating group) is 1. The van der Waals surface area contributed by atoms with Crippen LogP contribution in [0.3, 0.4) is 0 Å². The number of likely N-dealkylation sites (tertiary alicyclic amines) is 1. The van der Waals surface area contributed by atoms with Crippen molar-refractivity contribution in [1.29, 1.82) is 0 Å². The minimum atomic E-state index is -0.321. The molecule has 0 aliphatic carbocycles. The average Bonchev–Trinajstić information content (AvgIpc) is 2.69. The summed E-state index contributed by atoms with van der Waals surface area (Å²) >= 11 is 0. The molecule has 0 saturated carbocycles.